The summed E-state index contributed by atoms with van der Waals surface area (Å²) in [5.74, 6) is -0.352. The maximum Gasteiger partial charge on any atom is 0.416 e. The van der Waals surface area contributed by atoms with Gasteiger partial charge in [-0.1, -0.05) is 32.1 Å². The highest BCUT2D eigenvalue weighted by Gasteiger charge is 2.51. The Kier molecular flexibility index (Phi) is 6.37. The highest BCUT2D eigenvalue weighted by atomic mass is 19.4. The van der Waals surface area contributed by atoms with Gasteiger partial charge >= 0.3 is 6.18 Å². The number of rotatable bonds is 6. The van der Waals surface area contributed by atoms with Crippen molar-refractivity contribution in [2.75, 3.05) is 6.54 Å². The third-order valence-corrected chi connectivity index (χ3v) is 5.76. The highest BCUT2D eigenvalue weighted by molar-refractivity contribution is 5.64. The Balaban J connectivity index is 2.37. The second-order valence-corrected chi connectivity index (χ2v) is 8.12. The van der Waals surface area contributed by atoms with E-state index in [4.69, 9.17) is 16.2 Å². The molecule has 6 nitrogen and oxygen atoms in total. The average molecular weight is 445 g/mol. The topological polar surface area (TPSA) is 114 Å². The van der Waals surface area contributed by atoms with E-state index in [1.165, 1.54) is 0 Å². The number of nitrogens with zero attached hydrogens (tertiary/aromatic N) is 2. The van der Waals surface area contributed by atoms with Crippen molar-refractivity contribution in [1.29, 1.82) is 5.26 Å². The predicted molar refractivity (Wildman–Crippen MR) is 115 cm³/mol. The molecular formula is C23H26F3N5O. The Bertz CT molecular complexity index is 1110. The molecule has 1 aromatic carbocycles. The minimum absolute atomic E-state index is 0.0573. The number of aromatic nitrogens is 2. The zero-order chi connectivity index (χ0) is 23.7. The Morgan fingerprint density at radius 1 is 1.31 bits per heavy atom. The number of nitriles is 1. The first-order valence-electron chi connectivity index (χ1n) is 10.3. The first-order valence-corrected chi connectivity index (χ1v) is 10.3. The van der Waals surface area contributed by atoms with Crippen molar-refractivity contribution in [3.63, 3.8) is 0 Å². The van der Waals surface area contributed by atoms with Crippen LogP contribution in [0.5, 0.6) is 5.88 Å². The maximum atomic E-state index is 13.9. The molecule has 0 saturated heterocycles. The summed E-state index contributed by atoms with van der Waals surface area (Å²) in [7, 11) is 0. The molecule has 2 aromatic rings. The quantitative estimate of drug-likeness (QED) is 0.566. The number of aromatic amines is 1. The Hall–Kier alpha value is -3.25. The second kappa shape index (κ2) is 8.71. The van der Waals surface area contributed by atoms with E-state index in [0.29, 0.717) is 35.3 Å². The van der Waals surface area contributed by atoms with E-state index in [2.05, 4.69) is 16.3 Å². The molecule has 32 heavy (non-hydrogen) atoms. The molecule has 5 N–H and O–H groups in total. The molecule has 2 heterocycles. The Labute approximate surface area is 184 Å². The number of nitrogens with two attached hydrogens (primary N) is 2. The van der Waals surface area contributed by atoms with Crippen molar-refractivity contribution in [2.45, 2.75) is 45.2 Å². The summed E-state index contributed by atoms with van der Waals surface area (Å²) < 4.78 is 47.2. The number of nitrogens with one attached hydrogen (secondary N) is 1. The van der Waals surface area contributed by atoms with Gasteiger partial charge in [-0.05, 0) is 55.5 Å². The van der Waals surface area contributed by atoms with E-state index in [-0.39, 0.29) is 23.3 Å². The Morgan fingerprint density at radius 2 is 2.03 bits per heavy atom. The number of halogens is 3. The molecule has 0 aliphatic carbocycles. The van der Waals surface area contributed by atoms with E-state index in [1.54, 1.807) is 25.1 Å². The fourth-order valence-corrected chi connectivity index (χ4v) is 4.36. The van der Waals surface area contributed by atoms with Gasteiger partial charge in [0.2, 0.25) is 11.8 Å². The molecule has 3 rings (SSSR count). The van der Waals surface area contributed by atoms with Crippen LogP contribution in [0, 0.1) is 24.2 Å². The zero-order valence-corrected chi connectivity index (χ0v) is 18.2. The maximum absolute atomic E-state index is 13.9. The lowest BCUT2D eigenvalue weighted by atomic mass is 9.61. The van der Waals surface area contributed by atoms with E-state index >= 15 is 0 Å². The molecule has 1 atom stereocenters. The largest absolute Gasteiger partial charge is 0.420 e. The van der Waals surface area contributed by atoms with Crippen molar-refractivity contribution in [3.05, 3.63) is 63.7 Å². The summed E-state index contributed by atoms with van der Waals surface area (Å²) >= 11 is 0. The first-order chi connectivity index (χ1) is 15.1. The summed E-state index contributed by atoms with van der Waals surface area (Å²) in [6, 6.07) is 5.94. The van der Waals surface area contributed by atoms with Crippen LogP contribution in [0.3, 0.4) is 0 Å². The van der Waals surface area contributed by atoms with Gasteiger partial charge in [0.15, 0.2) is 0 Å². The first kappa shape index (κ1) is 23.4. The van der Waals surface area contributed by atoms with Crippen LogP contribution in [0.15, 0.2) is 35.7 Å². The van der Waals surface area contributed by atoms with Crippen LogP contribution in [0.1, 0.15) is 54.6 Å². The molecular weight excluding hydrogens is 419 g/mol. The van der Waals surface area contributed by atoms with Crippen LogP contribution in [-0.4, -0.2) is 16.7 Å². The number of allylic oxidation sites excluding steroid dienone is 2. The summed E-state index contributed by atoms with van der Waals surface area (Å²) in [4.78, 5) is 0. The van der Waals surface area contributed by atoms with Crippen molar-refractivity contribution in [3.8, 4) is 11.9 Å². The SMILES string of the molecule is Cc1[nH]nc2c1C(c1cc(/C=C/CCCN)cc(C(F)(F)F)c1)(C(C)C)C(C#N)=C(N)O2. The molecule has 0 radical (unpaired) electrons. The molecule has 0 fully saturated rings. The van der Waals surface area contributed by atoms with Crippen molar-refractivity contribution in [2.24, 2.45) is 17.4 Å². The number of unbranched alkanes of at least 4 members (excludes halogenated alkanes) is 1. The van der Waals surface area contributed by atoms with Crippen LogP contribution in [0.2, 0.25) is 0 Å². The fourth-order valence-electron chi connectivity index (χ4n) is 4.36. The van der Waals surface area contributed by atoms with Gasteiger partial charge < -0.3 is 16.2 Å². The van der Waals surface area contributed by atoms with E-state index in [0.717, 1.165) is 18.6 Å². The summed E-state index contributed by atoms with van der Waals surface area (Å²) in [5, 5.41) is 17.0. The van der Waals surface area contributed by atoms with Crippen LogP contribution in [0.25, 0.3) is 6.08 Å². The van der Waals surface area contributed by atoms with E-state index in [1.807, 2.05) is 13.8 Å². The van der Waals surface area contributed by atoms with Crippen molar-refractivity contribution < 1.29 is 17.9 Å². The Morgan fingerprint density at radius 3 is 2.62 bits per heavy atom. The third kappa shape index (κ3) is 3.86. The van der Waals surface area contributed by atoms with Gasteiger partial charge in [0.1, 0.15) is 11.6 Å². The number of ether oxygens (including phenoxy) is 1. The normalized spacial score (nSPS) is 18.7. The van der Waals surface area contributed by atoms with E-state index in [9.17, 15) is 18.4 Å². The number of hydrogen-bond acceptors (Lipinski definition) is 5. The standard InChI is InChI=1S/C23H26F3N5O/c1-13(2)22(18(12-28)20(29)32-21-19(22)14(3)30-31-21)16-9-15(7-5-4-6-8-27)10-17(11-16)23(24,25)26/h5,7,9-11,13H,4,6,8,27,29H2,1-3H3,(H,30,31)/b7-5+. The summed E-state index contributed by atoms with van der Waals surface area (Å²) in [5.41, 5.74) is 11.3. The fraction of sp³-hybridized carbons (Fsp3) is 0.391. The van der Waals surface area contributed by atoms with Gasteiger partial charge in [0.05, 0.1) is 16.5 Å². The minimum Gasteiger partial charge on any atom is -0.420 e. The molecule has 0 bridgehead atoms. The van der Waals surface area contributed by atoms with E-state index < -0.39 is 17.2 Å². The van der Waals surface area contributed by atoms with Crippen molar-refractivity contribution >= 4 is 6.08 Å². The van der Waals surface area contributed by atoms with Crippen LogP contribution >= 0.6 is 0 Å². The molecule has 0 saturated carbocycles. The van der Waals surface area contributed by atoms with Gasteiger partial charge in [-0.15, -0.1) is 5.10 Å². The smallest absolute Gasteiger partial charge is 0.416 e. The number of benzene rings is 1. The lowest BCUT2D eigenvalue weighted by molar-refractivity contribution is -0.137. The highest BCUT2D eigenvalue weighted by Crippen LogP contribution is 2.53. The van der Waals surface area contributed by atoms with Gasteiger partial charge in [0, 0.05) is 5.69 Å². The molecule has 170 valence electrons. The van der Waals surface area contributed by atoms with Crippen LogP contribution in [-0.2, 0) is 11.6 Å². The molecule has 1 unspecified atom stereocenters. The summed E-state index contributed by atoms with van der Waals surface area (Å²) in [6.07, 6.45) is 0.235. The predicted octanol–water partition coefficient (Wildman–Crippen LogP) is 4.52. The van der Waals surface area contributed by atoms with Crippen molar-refractivity contribution in [1.82, 2.24) is 10.2 Å². The second-order valence-electron chi connectivity index (χ2n) is 8.12. The van der Waals surface area contributed by atoms with Crippen LogP contribution in [0.4, 0.5) is 13.2 Å². The molecule has 9 heteroatoms. The number of H-pyrrole nitrogens is 1. The third-order valence-electron chi connectivity index (χ3n) is 5.76. The van der Waals surface area contributed by atoms with Gasteiger partial charge in [-0.3, -0.25) is 5.10 Å². The lowest BCUT2D eigenvalue weighted by Gasteiger charge is -2.41. The minimum atomic E-state index is -4.57. The summed E-state index contributed by atoms with van der Waals surface area (Å²) in [6.45, 7) is 5.91. The molecule has 1 aliphatic heterocycles. The monoisotopic (exact) mass is 445 g/mol. The van der Waals surface area contributed by atoms with Gasteiger partial charge in [0.25, 0.3) is 0 Å². The molecule has 1 aromatic heterocycles. The zero-order valence-electron chi connectivity index (χ0n) is 18.2. The molecule has 0 spiro atoms. The van der Waals surface area contributed by atoms with Crippen LogP contribution < -0.4 is 16.2 Å². The lowest BCUT2D eigenvalue weighted by Crippen LogP contribution is -2.41. The number of hydrogen-bond donors (Lipinski definition) is 3. The van der Waals surface area contributed by atoms with Gasteiger partial charge in [-0.2, -0.15) is 18.4 Å². The number of alkyl halides is 3. The molecule has 1 aliphatic rings. The molecule has 0 amide bonds. The van der Waals surface area contributed by atoms with Gasteiger partial charge in [-0.25, -0.2) is 0 Å². The average Bonchev–Trinajstić information content (AvgIpc) is 3.09. The number of aryl methyl sites for hydroxylation is 1. The number of fused-ring (bicyclic) bond motifs is 1.